The molecular weight excluding hydrogens is 252 g/mol. The van der Waals surface area contributed by atoms with Crippen molar-refractivity contribution < 1.29 is 14.3 Å². The second kappa shape index (κ2) is 4.82. The zero-order chi connectivity index (χ0) is 14.3. The predicted molar refractivity (Wildman–Crippen MR) is 76.7 cm³/mol. The van der Waals surface area contributed by atoms with E-state index in [0.717, 1.165) is 29.7 Å². The summed E-state index contributed by atoms with van der Waals surface area (Å²) >= 11 is 0. The summed E-state index contributed by atoms with van der Waals surface area (Å²) in [7, 11) is 1.60. The zero-order valence-corrected chi connectivity index (χ0v) is 11.6. The molecule has 2 bridgehead atoms. The number of carbonyl (C=O) groups is 1. The Kier molecular flexibility index (Phi) is 3.13. The van der Waals surface area contributed by atoms with Crippen LogP contribution in [0.4, 0.5) is 0 Å². The smallest absolute Gasteiger partial charge is 0.338 e. The highest BCUT2D eigenvalue weighted by Crippen LogP contribution is 2.51. The van der Waals surface area contributed by atoms with Gasteiger partial charge in [0.25, 0.3) is 0 Å². The van der Waals surface area contributed by atoms with Crippen LogP contribution in [0.5, 0.6) is 5.75 Å². The van der Waals surface area contributed by atoms with Gasteiger partial charge in [0.05, 0.1) is 12.7 Å². The Balaban J connectivity index is 1.68. The SMILES string of the molecule is C=C1C(=C)[C@@H]2C[C@H]1C[C@H]2OC(=O)c1ccc(OC)cc1. The summed E-state index contributed by atoms with van der Waals surface area (Å²) < 4.78 is 10.7. The molecule has 104 valence electrons. The van der Waals surface area contributed by atoms with E-state index >= 15 is 0 Å². The van der Waals surface area contributed by atoms with Crippen LogP contribution in [0.1, 0.15) is 23.2 Å². The van der Waals surface area contributed by atoms with Gasteiger partial charge in [-0.05, 0) is 54.2 Å². The lowest BCUT2D eigenvalue weighted by Gasteiger charge is -2.25. The van der Waals surface area contributed by atoms with Crippen LogP contribution in [0.15, 0.2) is 48.6 Å². The number of benzene rings is 1. The molecule has 0 N–H and O–H groups in total. The molecule has 0 heterocycles. The highest BCUT2D eigenvalue weighted by Gasteiger charge is 2.46. The maximum atomic E-state index is 12.1. The molecule has 0 spiro atoms. The van der Waals surface area contributed by atoms with Crippen molar-refractivity contribution in [3.63, 3.8) is 0 Å². The zero-order valence-electron chi connectivity index (χ0n) is 11.6. The Morgan fingerprint density at radius 1 is 1.15 bits per heavy atom. The van der Waals surface area contributed by atoms with E-state index < -0.39 is 0 Å². The van der Waals surface area contributed by atoms with Crippen molar-refractivity contribution in [1.82, 2.24) is 0 Å². The lowest BCUT2D eigenvalue weighted by Crippen LogP contribution is -2.25. The minimum absolute atomic E-state index is 0.0485. The van der Waals surface area contributed by atoms with Crippen LogP contribution in [0.3, 0.4) is 0 Å². The van der Waals surface area contributed by atoms with Gasteiger partial charge in [-0.2, -0.15) is 0 Å². The summed E-state index contributed by atoms with van der Waals surface area (Å²) in [6, 6.07) is 6.97. The van der Waals surface area contributed by atoms with Crippen LogP contribution in [0, 0.1) is 11.8 Å². The first-order chi connectivity index (χ1) is 9.60. The van der Waals surface area contributed by atoms with Crippen molar-refractivity contribution in [3.05, 3.63) is 54.1 Å². The van der Waals surface area contributed by atoms with Crippen molar-refractivity contribution in [1.29, 1.82) is 0 Å². The van der Waals surface area contributed by atoms with Gasteiger partial charge in [0.1, 0.15) is 11.9 Å². The average molecular weight is 270 g/mol. The van der Waals surface area contributed by atoms with Crippen LogP contribution >= 0.6 is 0 Å². The van der Waals surface area contributed by atoms with E-state index in [1.165, 1.54) is 0 Å². The fraction of sp³-hybridized carbons (Fsp3) is 0.353. The van der Waals surface area contributed by atoms with Gasteiger partial charge >= 0.3 is 5.97 Å². The second-order valence-electron chi connectivity index (χ2n) is 5.50. The van der Waals surface area contributed by atoms with Gasteiger partial charge in [0.15, 0.2) is 0 Å². The second-order valence-corrected chi connectivity index (χ2v) is 5.50. The standard InChI is InChI=1S/C17H18O3/c1-10-11(2)15-8-13(10)9-16(15)20-17(18)12-4-6-14(19-3)7-5-12/h4-7,13,15-16H,1-2,8-9H2,3H3/t13-,15-,16+/m0/s1. The Morgan fingerprint density at radius 3 is 2.40 bits per heavy atom. The minimum atomic E-state index is -0.274. The van der Waals surface area contributed by atoms with E-state index in [4.69, 9.17) is 9.47 Å². The summed E-state index contributed by atoms with van der Waals surface area (Å²) in [6.07, 6.45) is 1.86. The molecule has 1 aromatic rings. The van der Waals surface area contributed by atoms with Gasteiger partial charge in [0, 0.05) is 5.92 Å². The highest BCUT2D eigenvalue weighted by molar-refractivity contribution is 5.89. The van der Waals surface area contributed by atoms with Crippen LogP contribution in [0.2, 0.25) is 0 Å². The maximum absolute atomic E-state index is 12.1. The monoisotopic (exact) mass is 270 g/mol. The van der Waals surface area contributed by atoms with E-state index in [1.807, 2.05) is 0 Å². The van der Waals surface area contributed by atoms with Gasteiger partial charge in [-0.25, -0.2) is 4.79 Å². The summed E-state index contributed by atoms with van der Waals surface area (Å²) in [5, 5.41) is 0. The van der Waals surface area contributed by atoms with E-state index in [0.29, 0.717) is 11.5 Å². The molecule has 0 aliphatic heterocycles. The van der Waals surface area contributed by atoms with Gasteiger partial charge < -0.3 is 9.47 Å². The predicted octanol–water partition coefficient (Wildman–Crippen LogP) is 3.37. The molecule has 0 unspecified atom stereocenters. The van der Waals surface area contributed by atoms with Crippen molar-refractivity contribution in [3.8, 4) is 5.75 Å². The van der Waals surface area contributed by atoms with Crippen molar-refractivity contribution in [2.45, 2.75) is 18.9 Å². The normalized spacial score (nSPS) is 27.8. The number of hydrogen-bond acceptors (Lipinski definition) is 3. The molecule has 20 heavy (non-hydrogen) atoms. The Morgan fingerprint density at radius 2 is 1.85 bits per heavy atom. The molecule has 2 aliphatic carbocycles. The highest BCUT2D eigenvalue weighted by atomic mass is 16.5. The molecule has 3 rings (SSSR count). The first-order valence-corrected chi connectivity index (χ1v) is 6.83. The average Bonchev–Trinajstić information content (AvgIpc) is 2.99. The fourth-order valence-electron chi connectivity index (χ4n) is 3.21. The molecule has 2 aliphatic rings. The molecule has 0 aromatic heterocycles. The van der Waals surface area contributed by atoms with E-state index in [9.17, 15) is 4.79 Å². The number of hydrogen-bond donors (Lipinski definition) is 0. The third-order valence-corrected chi connectivity index (χ3v) is 4.44. The number of methoxy groups -OCH3 is 1. The molecular formula is C17H18O3. The van der Waals surface area contributed by atoms with Crippen LogP contribution in [0.25, 0.3) is 0 Å². The van der Waals surface area contributed by atoms with Crippen molar-refractivity contribution >= 4 is 5.97 Å². The van der Waals surface area contributed by atoms with Crippen molar-refractivity contribution in [2.24, 2.45) is 11.8 Å². The van der Waals surface area contributed by atoms with E-state index in [1.54, 1.807) is 31.4 Å². The van der Waals surface area contributed by atoms with Crippen molar-refractivity contribution in [2.75, 3.05) is 7.11 Å². The van der Waals surface area contributed by atoms with Gasteiger partial charge in [-0.1, -0.05) is 13.2 Å². The van der Waals surface area contributed by atoms with Gasteiger partial charge in [-0.15, -0.1) is 0 Å². The Labute approximate surface area is 118 Å². The number of allylic oxidation sites excluding steroid dienone is 1. The van der Waals surface area contributed by atoms with E-state index in [2.05, 4.69) is 13.2 Å². The molecule has 1 aromatic carbocycles. The minimum Gasteiger partial charge on any atom is -0.497 e. The van der Waals surface area contributed by atoms with Crippen LogP contribution in [-0.2, 0) is 4.74 Å². The number of esters is 1. The molecule has 0 amide bonds. The number of ether oxygens (including phenoxy) is 2. The summed E-state index contributed by atoms with van der Waals surface area (Å²) in [4.78, 5) is 12.1. The topological polar surface area (TPSA) is 35.5 Å². The summed E-state index contributed by atoms with van der Waals surface area (Å²) in [6.45, 7) is 8.12. The van der Waals surface area contributed by atoms with E-state index in [-0.39, 0.29) is 18.0 Å². The first-order valence-electron chi connectivity index (χ1n) is 6.83. The molecule has 0 saturated heterocycles. The lowest BCUT2D eigenvalue weighted by molar-refractivity contribution is 0.0229. The fourth-order valence-corrected chi connectivity index (χ4v) is 3.21. The third kappa shape index (κ3) is 2.03. The number of rotatable bonds is 3. The molecule has 3 nitrogen and oxygen atoms in total. The number of fused-ring (bicyclic) bond motifs is 2. The van der Waals surface area contributed by atoms with Crippen LogP contribution in [-0.4, -0.2) is 19.2 Å². The Hall–Kier alpha value is -2.03. The summed E-state index contributed by atoms with van der Waals surface area (Å²) in [5.41, 5.74) is 2.76. The molecule has 0 radical (unpaired) electrons. The number of carbonyl (C=O) groups excluding carboxylic acids is 1. The van der Waals surface area contributed by atoms with Gasteiger partial charge in [0.2, 0.25) is 0 Å². The quantitative estimate of drug-likeness (QED) is 0.790. The molecule has 2 fully saturated rings. The summed E-state index contributed by atoms with van der Waals surface area (Å²) in [5.74, 6) is 1.16. The molecule has 3 atom stereocenters. The lowest BCUT2D eigenvalue weighted by atomic mass is 9.90. The third-order valence-electron chi connectivity index (χ3n) is 4.44. The molecule has 3 heteroatoms. The first kappa shape index (κ1) is 13.0. The molecule has 2 saturated carbocycles. The largest absolute Gasteiger partial charge is 0.497 e. The van der Waals surface area contributed by atoms with Gasteiger partial charge in [-0.3, -0.25) is 0 Å². The Bertz CT molecular complexity index is 570. The maximum Gasteiger partial charge on any atom is 0.338 e. The van der Waals surface area contributed by atoms with Crippen LogP contribution < -0.4 is 4.74 Å².